The number of benzene rings is 2. The van der Waals surface area contributed by atoms with E-state index >= 15 is 0 Å². The van der Waals surface area contributed by atoms with E-state index in [1.165, 1.54) is 23.8 Å². The number of likely N-dealkylation sites (tertiary alicyclic amines) is 1. The molecule has 3 rings (SSSR count). The number of carbonyl (C=O) groups is 2. The van der Waals surface area contributed by atoms with E-state index in [0.717, 1.165) is 12.8 Å². The van der Waals surface area contributed by atoms with Crippen molar-refractivity contribution in [2.24, 2.45) is 5.73 Å². The number of rotatable bonds is 6. The highest BCUT2D eigenvalue weighted by Gasteiger charge is 2.38. The van der Waals surface area contributed by atoms with Crippen LogP contribution in [0.15, 0.2) is 60.4 Å². The van der Waals surface area contributed by atoms with E-state index in [2.05, 4.69) is 12.1 Å². The van der Waals surface area contributed by atoms with E-state index in [9.17, 15) is 26.7 Å². The molecule has 1 aliphatic heterocycles. The molecule has 0 aliphatic carbocycles. The number of hydrogen-bond acceptors (Lipinski definition) is 4. The third-order valence-electron chi connectivity index (χ3n) is 5.30. The number of carboxylic acid groups (broad SMARTS) is 1. The average molecular weight is 500 g/mol. The number of hydrogen-bond donors (Lipinski definition) is 2. The average Bonchev–Trinajstić information content (AvgIpc) is 2.85. The lowest BCUT2D eigenvalue weighted by Crippen LogP contribution is -2.37. The van der Waals surface area contributed by atoms with Crippen molar-refractivity contribution in [2.45, 2.75) is 24.9 Å². The summed E-state index contributed by atoms with van der Waals surface area (Å²) in [5.41, 5.74) is 7.14. The molecule has 0 aromatic heterocycles. The molecule has 11 heteroatoms. The topological polar surface area (TPSA) is 92.9 Å². The SMILES string of the molecule is NCC(=CF)COc1ccc(C(=O)N2CCC(c3ccccc3)CC2)cc1F.O=C(O)C(F)(F)F. The van der Waals surface area contributed by atoms with E-state index in [1.54, 1.807) is 4.90 Å². The Morgan fingerprint density at radius 2 is 1.71 bits per heavy atom. The van der Waals surface area contributed by atoms with Crippen LogP contribution in [-0.4, -0.2) is 54.3 Å². The summed E-state index contributed by atoms with van der Waals surface area (Å²) >= 11 is 0. The maximum Gasteiger partial charge on any atom is 0.490 e. The Hall–Kier alpha value is -3.47. The normalized spacial score (nSPS) is 14.7. The second-order valence-electron chi connectivity index (χ2n) is 7.69. The molecule has 0 saturated carbocycles. The number of ether oxygens (including phenoxy) is 1. The monoisotopic (exact) mass is 500 g/mol. The minimum atomic E-state index is -5.08. The van der Waals surface area contributed by atoms with Gasteiger partial charge in [0.2, 0.25) is 0 Å². The summed E-state index contributed by atoms with van der Waals surface area (Å²) in [4.78, 5) is 23.4. The zero-order valence-corrected chi connectivity index (χ0v) is 18.6. The van der Waals surface area contributed by atoms with Gasteiger partial charge in [-0.3, -0.25) is 4.79 Å². The highest BCUT2D eigenvalue weighted by atomic mass is 19.4. The minimum absolute atomic E-state index is 0.00633. The summed E-state index contributed by atoms with van der Waals surface area (Å²) < 4.78 is 63.8. The van der Waals surface area contributed by atoms with Crippen LogP contribution in [0.3, 0.4) is 0 Å². The van der Waals surface area contributed by atoms with Crippen LogP contribution in [0.5, 0.6) is 5.75 Å². The Kier molecular flexibility index (Phi) is 10.2. The van der Waals surface area contributed by atoms with Crippen LogP contribution in [0, 0.1) is 5.82 Å². The fourth-order valence-corrected chi connectivity index (χ4v) is 3.38. The number of alkyl halides is 3. The number of nitrogens with two attached hydrogens (primary N) is 1. The molecule has 0 atom stereocenters. The van der Waals surface area contributed by atoms with Crippen molar-refractivity contribution in [1.29, 1.82) is 0 Å². The first-order valence-corrected chi connectivity index (χ1v) is 10.6. The largest absolute Gasteiger partial charge is 0.490 e. The van der Waals surface area contributed by atoms with E-state index in [-0.39, 0.29) is 35.9 Å². The number of nitrogens with zero attached hydrogens (tertiary/aromatic N) is 1. The molecule has 0 spiro atoms. The van der Waals surface area contributed by atoms with E-state index in [1.807, 2.05) is 18.2 Å². The van der Waals surface area contributed by atoms with Gasteiger partial charge < -0.3 is 20.5 Å². The van der Waals surface area contributed by atoms with Gasteiger partial charge in [0.25, 0.3) is 5.91 Å². The van der Waals surface area contributed by atoms with Crippen molar-refractivity contribution in [1.82, 2.24) is 4.90 Å². The predicted octanol–water partition coefficient (Wildman–Crippen LogP) is 4.67. The molecule has 1 amide bonds. The third-order valence-corrected chi connectivity index (χ3v) is 5.30. The van der Waals surface area contributed by atoms with Gasteiger partial charge >= 0.3 is 12.1 Å². The fourth-order valence-electron chi connectivity index (χ4n) is 3.38. The van der Waals surface area contributed by atoms with Crippen LogP contribution < -0.4 is 10.5 Å². The highest BCUT2D eigenvalue weighted by Crippen LogP contribution is 2.29. The van der Waals surface area contributed by atoms with Crippen molar-refractivity contribution in [3.8, 4) is 5.75 Å². The molecule has 3 N–H and O–H groups in total. The number of halogens is 5. The van der Waals surface area contributed by atoms with Gasteiger partial charge in [0, 0.05) is 30.8 Å². The summed E-state index contributed by atoms with van der Waals surface area (Å²) in [6, 6.07) is 14.4. The van der Waals surface area contributed by atoms with E-state index in [0.29, 0.717) is 25.3 Å². The van der Waals surface area contributed by atoms with Gasteiger partial charge in [0.1, 0.15) is 6.61 Å². The van der Waals surface area contributed by atoms with Gasteiger partial charge in [-0.2, -0.15) is 13.2 Å². The third kappa shape index (κ3) is 8.36. The van der Waals surface area contributed by atoms with Crippen molar-refractivity contribution in [3.63, 3.8) is 0 Å². The number of aliphatic carboxylic acids is 1. The summed E-state index contributed by atoms with van der Waals surface area (Å²) in [5.74, 6) is -3.19. The van der Waals surface area contributed by atoms with Crippen LogP contribution in [0.25, 0.3) is 0 Å². The van der Waals surface area contributed by atoms with Gasteiger partial charge in [-0.15, -0.1) is 0 Å². The maximum atomic E-state index is 14.3. The number of amides is 1. The molecule has 0 radical (unpaired) electrons. The van der Waals surface area contributed by atoms with Gasteiger partial charge in [0.05, 0.1) is 6.33 Å². The quantitative estimate of drug-likeness (QED) is 0.563. The van der Waals surface area contributed by atoms with Gasteiger partial charge in [-0.05, 0) is 42.5 Å². The molecule has 6 nitrogen and oxygen atoms in total. The van der Waals surface area contributed by atoms with Crippen molar-refractivity contribution in [3.05, 3.63) is 77.4 Å². The molecule has 1 aliphatic rings. The first-order chi connectivity index (χ1) is 16.6. The number of carbonyl (C=O) groups excluding carboxylic acids is 1. The van der Waals surface area contributed by atoms with Gasteiger partial charge in [-0.1, -0.05) is 30.3 Å². The lowest BCUT2D eigenvalue weighted by molar-refractivity contribution is -0.192. The standard InChI is InChI=1S/C22H24F2N2O2.C2HF3O2/c23-13-16(14-25)15-28-21-7-6-19(12-20(21)24)22(27)26-10-8-18(9-11-26)17-4-2-1-3-5-17;3-2(4,5)1(6)7/h1-7,12-13,18H,8-11,14-15,25H2;(H,6,7). The molecular formula is C24H25F5N2O4. The molecule has 190 valence electrons. The summed E-state index contributed by atoms with van der Waals surface area (Å²) in [6.07, 6.45) is -2.96. The summed E-state index contributed by atoms with van der Waals surface area (Å²) in [7, 11) is 0. The molecule has 1 heterocycles. The van der Waals surface area contributed by atoms with Gasteiger partial charge in [0.15, 0.2) is 11.6 Å². The van der Waals surface area contributed by atoms with Gasteiger partial charge in [-0.25, -0.2) is 13.6 Å². The first kappa shape index (κ1) is 27.8. The Morgan fingerprint density at radius 3 is 2.20 bits per heavy atom. The Labute approximate surface area is 198 Å². The van der Waals surface area contributed by atoms with Crippen LogP contribution in [0.1, 0.15) is 34.7 Å². The zero-order valence-electron chi connectivity index (χ0n) is 18.6. The minimum Gasteiger partial charge on any atom is -0.486 e. The number of piperidine rings is 1. The van der Waals surface area contributed by atoms with Crippen molar-refractivity contribution < 1.29 is 41.4 Å². The Bertz CT molecular complexity index is 1020. The smallest absolute Gasteiger partial charge is 0.486 e. The second-order valence-corrected chi connectivity index (χ2v) is 7.69. The number of carboxylic acids is 1. The van der Waals surface area contributed by atoms with Crippen LogP contribution >= 0.6 is 0 Å². The molecule has 2 aromatic carbocycles. The molecule has 0 unspecified atom stereocenters. The Morgan fingerprint density at radius 1 is 1.11 bits per heavy atom. The van der Waals surface area contributed by atoms with E-state index in [4.69, 9.17) is 20.4 Å². The lowest BCUT2D eigenvalue weighted by Gasteiger charge is -2.32. The second kappa shape index (κ2) is 12.8. The molecule has 1 fully saturated rings. The van der Waals surface area contributed by atoms with Crippen molar-refractivity contribution in [2.75, 3.05) is 26.2 Å². The summed E-state index contributed by atoms with van der Waals surface area (Å²) in [6.45, 7) is 1.14. The lowest BCUT2D eigenvalue weighted by atomic mass is 9.89. The maximum absolute atomic E-state index is 14.3. The summed E-state index contributed by atoms with van der Waals surface area (Å²) in [5, 5.41) is 7.12. The fraction of sp³-hybridized carbons (Fsp3) is 0.333. The van der Waals surface area contributed by atoms with Crippen LogP contribution in [0.2, 0.25) is 0 Å². The highest BCUT2D eigenvalue weighted by molar-refractivity contribution is 5.94. The predicted molar refractivity (Wildman–Crippen MR) is 118 cm³/mol. The Balaban J connectivity index is 0.000000540. The zero-order chi connectivity index (χ0) is 26.0. The molecule has 0 bridgehead atoms. The molecule has 35 heavy (non-hydrogen) atoms. The molecule has 2 aromatic rings. The van der Waals surface area contributed by atoms with Crippen molar-refractivity contribution >= 4 is 11.9 Å². The molecular weight excluding hydrogens is 475 g/mol. The van der Waals surface area contributed by atoms with Crippen LogP contribution in [-0.2, 0) is 4.79 Å². The molecule has 1 saturated heterocycles. The van der Waals surface area contributed by atoms with E-state index < -0.39 is 18.0 Å². The van der Waals surface area contributed by atoms with Crippen LogP contribution in [0.4, 0.5) is 22.0 Å². The first-order valence-electron chi connectivity index (χ1n) is 10.6.